The lowest BCUT2D eigenvalue weighted by Crippen LogP contribution is -2.02. The molecule has 0 aromatic heterocycles. The lowest BCUT2D eigenvalue weighted by molar-refractivity contribution is 1.19. The fraction of sp³-hybridized carbons (Fsp3) is 0.0612. The Bertz CT molecular complexity index is 2500. The molecule has 0 amide bonds. The van der Waals surface area contributed by atoms with Crippen LogP contribution in [-0.2, 0) is 12.8 Å². The maximum atomic E-state index is 2.45. The molecule has 0 fully saturated rings. The summed E-state index contributed by atoms with van der Waals surface area (Å²) in [6, 6.07) is 56.0. The van der Waals surface area contributed by atoms with E-state index in [1.807, 2.05) is 0 Å². The third-order valence-electron chi connectivity index (χ3n) is 10.2. The molecule has 0 nitrogen and oxygen atoms in total. The van der Waals surface area contributed by atoms with E-state index < -0.39 is 0 Å². The second kappa shape index (κ2) is 12.6. The first-order chi connectivity index (χ1) is 24.3. The molecule has 2 aliphatic rings. The van der Waals surface area contributed by atoms with E-state index in [4.69, 9.17) is 0 Å². The fourth-order valence-electron chi connectivity index (χ4n) is 7.77. The summed E-state index contributed by atoms with van der Waals surface area (Å²) in [6.07, 6.45) is 14.2. The number of hydrogen-bond acceptors (Lipinski definition) is 0. The Kier molecular flexibility index (Phi) is 7.48. The van der Waals surface area contributed by atoms with Crippen LogP contribution in [-0.4, -0.2) is 0 Å². The molecule has 0 aliphatic heterocycles. The van der Waals surface area contributed by atoms with E-state index >= 15 is 0 Å². The summed E-state index contributed by atoms with van der Waals surface area (Å²) < 4.78 is 0. The first-order valence-corrected chi connectivity index (χ1v) is 17.3. The zero-order valence-corrected chi connectivity index (χ0v) is 27.4. The Morgan fingerprint density at radius 3 is 2.06 bits per heavy atom. The van der Waals surface area contributed by atoms with E-state index in [0.29, 0.717) is 0 Å². The molecule has 7 aromatic carbocycles. The molecular weight excluding hydrogens is 589 g/mol. The van der Waals surface area contributed by atoms with Crippen LogP contribution in [0.4, 0.5) is 0 Å². The van der Waals surface area contributed by atoms with E-state index in [-0.39, 0.29) is 0 Å². The van der Waals surface area contributed by atoms with Crippen molar-refractivity contribution >= 4 is 32.7 Å². The highest BCUT2D eigenvalue weighted by Gasteiger charge is 2.24. The van der Waals surface area contributed by atoms with Crippen LogP contribution in [0.1, 0.15) is 34.2 Å². The van der Waals surface area contributed by atoms with Crippen LogP contribution >= 0.6 is 0 Å². The van der Waals surface area contributed by atoms with Crippen LogP contribution in [0.5, 0.6) is 0 Å². The van der Waals surface area contributed by atoms with Gasteiger partial charge in [-0.15, -0.1) is 0 Å². The average molecular weight is 625 g/mol. The number of hydrogen-bond donors (Lipinski definition) is 0. The van der Waals surface area contributed by atoms with E-state index in [1.165, 1.54) is 88.3 Å². The molecule has 9 rings (SSSR count). The molecule has 0 N–H and O–H groups in total. The molecule has 0 saturated carbocycles. The van der Waals surface area contributed by atoms with Gasteiger partial charge in [-0.3, -0.25) is 0 Å². The molecule has 49 heavy (non-hydrogen) atoms. The van der Waals surface area contributed by atoms with Crippen LogP contribution in [0.3, 0.4) is 0 Å². The molecule has 0 radical (unpaired) electrons. The maximum Gasteiger partial charge on any atom is -0.00132 e. The van der Waals surface area contributed by atoms with Gasteiger partial charge in [0, 0.05) is 0 Å². The van der Waals surface area contributed by atoms with Crippen molar-refractivity contribution in [3.05, 3.63) is 215 Å². The molecule has 0 saturated heterocycles. The molecule has 232 valence electrons. The molecule has 7 aromatic rings. The van der Waals surface area contributed by atoms with Gasteiger partial charge in [0.2, 0.25) is 0 Å². The van der Waals surface area contributed by atoms with Crippen molar-refractivity contribution in [2.45, 2.75) is 19.3 Å². The van der Waals surface area contributed by atoms with Crippen molar-refractivity contribution in [1.29, 1.82) is 0 Å². The van der Waals surface area contributed by atoms with Crippen molar-refractivity contribution < 1.29 is 0 Å². The molecule has 0 atom stereocenters. The van der Waals surface area contributed by atoms with Gasteiger partial charge in [-0.05, 0) is 120 Å². The number of fused-ring (bicyclic) bond motifs is 3. The SMILES string of the molecule is C1=CC/C(=C(/C2=CCc3ccccc32)c2ccc3ccccc3c2Cc2cccc(-c3ccc4cc(-c5ccccc5)ccc4c3)c2)C=C1. The van der Waals surface area contributed by atoms with Gasteiger partial charge in [-0.2, -0.15) is 0 Å². The van der Waals surface area contributed by atoms with Gasteiger partial charge in [-0.1, -0.05) is 170 Å². The average Bonchev–Trinajstić information content (AvgIpc) is 3.60. The van der Waals surface area contributed by atoms with Gasteiger partial charge < -0.3 is 0 Å². The summed E-state index contributed by atoms with van der Waals surface area (Å²) in [4.78, 5) is 0. The summed E-state index contributed by atoms with van der Waals surface area (Å²) >= 11 is 0. The smallest absolute Gasteiger partial charge is 0.00132 e. The van der Waals surface area contributed by atoms with E-state index in [2.05, 4.69) is 182 Å². The quantitative estimate of drug-likeness (QED) is 0.173. The highest BCUT2D eigenvalue weighted by molar-refractivity contribution is 6.11. The largest absolute Gasteiger partial charge is 0.0801 e. The van der Waals surface area contributed by atoms with Crippen LogP contribution in [0, 0.1) is 0 Å². The Morgan fingerprint density at radius 2 is 1.22 bits per heavy atom. The van der Waals surface area contributed by atoms with Crippen molar-refractivity contribution in [1.82, 2.24) is 0 Å². The second-order valence-corrected chi connectivity index (χ2v) is 13.2. The highest BCUT2D eigenvalue weighted by Crippen LogP contribution is 2.44. The fourth-order valence-corrected chi connectivity index (χ4v) is 7.77. The van der Waals surface area contributed by atoms with Crippen molar-refractivity contribution in [2.24, 2.45) is 0 Å². The molecule has 0 heteroatoms. The van der Waals surface area contributed by atoms with E-state index in [9.17, 15) is 0 Å². The summed E-state index contributed by atoms with van der Waals surface area (Å²) in [5.74, 6) is 0. The van der Waals surface area contributed by atoms with Crippen LogP contribution < -0.4 is 0 Å². The number of benzene rings is 7. The minimum Gasteiger partial charge on any atom is -0.0801 e. The Morgan fingerprint density at radius 1 is 0.510 bits per heavy atom. The van der Waals surface area contributed by atoms with Crippen LogP contribution in [0.15, 0.2) is 188 Å². The number of rotatable bonds is 6. The zero-order valence-electron chi connectivity index (χ0n) is 27.4. The summed E-state index contributed by atoms with van der Waals surface area (Å²) in [7, 11) is 0. The van der Waals surface area contributed by atoms with Gasteiger partial charge in [0.25, 0.3) is 0 Å². The van der Waals surface area contributed by atoms with Crippen molar-refractivity contribution in [3.8, 4) is 22.3 Å². The molecule has 2 aliphatic carbocycles. The lowest BCUT2D eigenvalue weighted by Gasteiger charge is -2.22. The van der Waals surface area contributed by atoms with Gasteiger partial charge in [0.1, 0.15) is 0 Å². The topological polar surface area (TPSA) is 0 Å². The third kappa shape index (κ3) is 5.56. The zero-order chi connectivity index (χ0) is 32.6. The molecule has 0 spiro atoms. The predicted molar refractivity (Wildman–Crippen MR) is 210 cm³/mol. The first kappa shape index (κ1) is 29.2. The van der Waals surface area contributed by atoms with Crippen molar-refractivity contribution in [3.63, 3.8) is 0 Å². The van der Waals surface area contributed by atoms with Crippen molar-refractivity contribution in [2.75, 3.05) is 0 Å². The highest BCUT2D eigenvalue weighted by atomic mass is 14.3. The monoisotopic (exact) mass is 624 g/mol. The third-order valence-corrected chi connectivity index (χ3v) is 10.2. The van der Waals surface area contributed by atoms with Crippen LogP contribution in [0.2, 0.25) is 0 Å². The summed E-state index contributed by atoms with van der Waals surface area (Å²) in [6.45, 7) is 0. The maximum absolute atomic E-state index is 2.45. The van der Waals surface area contributed by atoms with E-state index in [1.54, 1.807) is 0 Å². The van der Waals surface area contributed by atoms with Crippen LogP contribution in [0.25, 0.3) is 54.9 Å². The molecule has 0 bridgehead atoms. The minimum absolute atomic E-state index is 0.851. The Labute approximate surface area is 288 Å². The van der Waals surface area contributed by atoms with Gasteiger partial charge in [0.15, 0.2) is 0 Å². The minimum atomic E-state index is 0.851. The normalized spacial score (nSPS) is 14.7. The first-order valence-electron chi connectivity index (χ1n) is 17.3. The van der Waals surface area contributed by atoms with Gasteiger partial charge in [0.05, 0.1) is 0 Å². The molecule has 0 heterocycles. The number of allylic oxidation sites excluding steroid dienone is 8. The molecular formula is C49H36. The standard InChI is InChI=1S/C49H36/c1-3-13-35(14-4-1)40-22-23-43-33-41(24-25-42(43)32-40)39-19-11-12-34(30-39)31-48-45-21-10-8-16-37(45)27-29-47(48)49(38-17-5-2-6-18-38)46-28-26-36-15-7-9-20-44(36)46/h1-17,19-25,27-30,32-33H,18,26,31H2/b49-38-. The Hall–Kier alpha value is -5.98. The summed E-state index contributed by atoms with van der Waals surface area (Å²) in [5, 5.41) is 5.13. The van der Waals surface area contributed by atoms with Gasteiger partial charge >= 0.3 is 0 Å². The predicted octanol–water partition coefficient (Wildman–Crippen LogP) is 12.8. The van der Waals surface area contributed by atoms with Gasteiger partial charge in [-0.25, -0.2) is 0 Å². The lowest BCUT2D eigenvalue weighted by atomic mass is 9.82. The molecule has 0 unspecified atom stereocenters. The van der Waals surface area contributed by atoms with E-state index in [0.717, 1.165) is 19.3 Å². The second-order valence-electron chi connectivity index (χ2n) is 13.2. The summed E-state index contributed by atoms with van der Waals surface area (Å²) in [5.41, 5.74) is 15.9. The Balaban J connectivity index is 1.13.